The van der Waals surface area contributed by atoms with Crippen LogP contribution in [0.2, 0.25) is 0 Å². The van der Waals surface area contributed by atoms with Gasteiger partial charge in [0.05, 0.1) is 12.7 Å². The van der Waals surface area contributed by atoms with Crippen molar-refractivity contribution in [1.82, 2.24) is 0 Å². The fraction of sp³-hybridized carbons (Fsp3) is 0.250. The molecular formula is C16H18O. The molecule has 1 aliphatic rings. The first kappa shape index (κ1) is 11.9. The van der Waals surface area contributed by atoms with E-state index in [1.54, 1.807) is 0 Å². The number of allylic oxidation sites excluding steroid dienone is 4. The van der Waals surface area contributed by atoms with Gasteiger partial charge in [0.2, 0.25) is 0 Å². The molecule has 1 heteroatoms. The molecule has 0 aromatic heterocycles. The quantitative estimate of drug-likeness (QED) is 0.761. The highest BCUT2D eigenvalue weighted by atomic mass is 16.5. The van der Waals surface area contributed by atoms with Gasteiger partial charge in [0.15, 0.2) is 0 Å². The maximum Gasteiger partial charge on any atom is 0.0943 e. The van der Waals surface area contributed by atoms with E-state index in [4.69, 9.17) is 4.74 Å². The highest BCUT2D eigenvalue weighted by molar-refractivity contribution is 5.27. The zero-order chi connectivity index (χ0) is 11.9. The molecule has 1 aliphatic carbocycles. The maximum absolute atomic E-state index is 5.81. The lowest BCUT2D eigenvalue weighted by atomic mass is 10.2. The van der Waals surface area contributed by atoms with Gasteiger partial charge in [0.1, 0.15) is 0 Å². The highest BCUT2D eigenvalue weighted by Crippen LogP contribution is 2.08. The minimum Gasteiger partial charge on any atom is -0.370 e. The summed E-state index contributed by atoms with van der Waals surface area (Å²) in [6.07, 6.45) is 11.5. The molecule has 0 bridgehead atoms. The largest absolute Gasteiger partial charge is 0.370 e. The van der Waals surface area contributed by atoms with Gasteiger partial charge in [-0.05, 0) is 18.9 Å². The molecular weight excluding hydrogens is 208 g/mol. The Morgan fingerprint density at radius 3 is 2.76 bits per heavy atom. The average Bonchev–Trinajstić information content (AvgIpc) is 2.56. The van der Waals surface area contributed by atoms with Gasteiger partial charge in [-0.1, -0.05) is 66.3 Å². The summed E-state index contributed by atoms with van der Waals surface area (Å²) >= 11 is 0. The van der Waals surface area contributed by atoms with Crippen molar-refractivity contribution in [3.05, 3.63) is 71.8 Å². The van der Waals surface area contributed by atoms with Crippen LogP contribution in [0.25, 0.3) is 0 Å². The predicted octanol–water partition coefficient (Wildman–Crippen LogP) is 3.69. The van der Waals surface area contributed by atoms with Crippen molar-refractivity contribution in [3.8, 4) is 0 Å². The molecule has 0 fully saturated rings. The molecule has 0 aliphatic heterocycles. The van der Waals surface area contributed by atoms with E-state index in [1.165, 1.54) is 11.1 Å². The Balaban J connectivity index is 1.78. The lowest BCUT2D eigenvalue weighted by molar-refractivity contribution is 0.118. The summed E-state index contributed by atoms with van der Waals surface area (Å²) in [6.45, 7) is 2.84. The predicted molar refractivity (Wildman–Crippen MR) is 71.9 cm³/mol. The van der Waals surface area contributed by atoms with Crippen molar-refractivity contribution in [2.24, 2.45) is 0 Å². The van der Waals surface area contributed by atoms with Crippen LogP contribution in [0.4, 0.5) is 0 Å². The second-order valence-electron chi connectivity index (χ2n) is 4.23. The Morgan fingerprint density at radius 2 is 1.94 bits per heavy atom. The van der Waals surface area contributed by atoms with Crippen molar-refractivity contribution in [2.75, 3.05) is 6.61 Å². The number of hydrogen-bond donors (Lipinski definition) is 0. The number of hydrogen-bond acceptors (Lipinski definition) is 1. The van der Waals surface area contributed by atoms with E-state index < -0.39 is 0 Å². The monoisotopic (exact) mass is 226 g/mol. The van der Waals surface area contributed by atoms with Crippen molar-refractivity contribution >= 4 is 0 Å². The van der Waals surface area contributed by atoms with Crippen LogP contribution < -0.4 is 0 Å². The third-order valence-corrected chi connectivity index (χ3v) is 2.75. The third kappa shape index (κ3) is 4.04. The van der Waals surface area contributed by atoms with Gasteiger partial charge < -0.3 is 4.74 Å². The first-order valence-corrected chi connectivity index (χ1v) is 6.03. The lowest BCUT2D eigenvalue weighted by Crippen LogP contribution is -2.09. The molecule has 0 spiro atoms. The maximum atomic E-state index is 5.81. The summed E-state index contributed by atoms with van der Waals surface area (Å²) in [6, 6.07) is 10.4. The molecule has 1 unspecified atom stereocenters. The van der Waals surface area contributed by atoms with Crippen molar-refractivity contribution in [3.63, 3.8) is 0 Å². The Hall–Kier alpha value is -1.60. The average molecular weight is 226 g/mol. The van der Waals surface area contributed by atoms with Crippen molar-refractivity contribution in [2.45, 2.75) is 19.4 Å². The topological polar surface area (TPSA) is 9.23 Å². The van der Waals surface area contributed by atoms with Crippen LogP contribution >= 0.6 is 0 Å². The van der Waals surface area contributed by atoms with Crippen LogP contribution in [-0.2, 0) is 11.2 Å². The number of rotatable bonds is 4. The van der Waals surface area contributed by atoms with Crippen LogP contribution in [0.15, 0.2) is 66.3 Å². The summed E-state index contributed by atoms with van der Waals surface area (Å²) in [5.74, 6) is 0. The molecule has 1 nitrogen and oxygen atoms in total. The van der Waals surface area contributed by atoms with Gasteiger partial charge in [0, 0.05) is 0 Å². The Kier molecular flexibility index (Phi) is 4.34. The highest BCUT2D eigenvalue weighted by Gasteiger charge is 2.02. The smallest absolute Gasteiger partial charge is 0.0943 e. The van der Waals surface area contributed by atoms with Gasteiger partial charge in [-0.2, -0.15) is 0 Å². The molecule has 2 rings (SSSR count). The van der Waals surface area contributed by atoms with E-state index in [1.807, 2.05) is 6.07 Å². The second kappa shape index (κ2) is 6.21. The Morgan fingerprint density at radius 1 is 1.12 bits per heavy atom. The minimum atomic E-state index is 0.104. The van der Waals surface area contributed by atoms with Crippen LogP contribution in [0.3, 0.4) is 0 Å². The van der Waals surface area contributed by atoms with Crippen LogP contribution in [0, 0.1) is 0 Å². The molecule has 0 saturated carbocycles. The summed E-state index contributed by atoms with van der Waals surface area (Å²) in [5, 5.41) is 0. The van der Waals surface area contributed by atoms with Gasteiger partial charge in [-0.3, -0.25) is 0 Å². The summed E-state index contributed by atoms with van der Waals surface area (Å²) in [7, 11) is 0. The molecule has 0 amide bonds. The first-order valence-electron chi connectivity index (χ1n) is 6.03. The van der Waals surface area contributed by atoms with E-state index >= 15 is 0 Å². The molecule has 0 N–H and O–H groups in total. The Bertz CT molecular complexity index is 426. The standard InChI is InChI=1S/C16H18O/c1-14-6-5-9-16(11-10-14)17-13-12-15-7-3-2-4-8-15/h2-11,16H,12-13H2,1H3. The van der Waals surface area contributed by atoms with E-state index in [0.29, 0.717) is 0 Å². The van der Waals surface area contributed by atoms with Crippen LogP contribution in [-0.4, -0.2) is 12.7 Å². The molecule has 88 valence electrons. The zero-order valence-corrected chi connectivity index (χ0v) is 10.2. The van der Waals surface area contributed by atoms with E-state index in [9.17, 15) is 0 Å². The zero-order valence-electron chi connectivity index (χ0n) is 10.2. The fourth-order valence-electron chi connectivity index (χ4n) is 1.75. The first-order chi connectivity index (χ1) is 8.34. The summed E-state index contributed by atoms with van der Waals surface area (Å²) in [5.41, 5.74) is 2.58. The SMILES string of the molecule is CC1=CC=CC(OCCc2ccccc2)C=C1. The van der Waals surface area contributed by atoms with E-state index in [-0.39, 0.29) is 6.10 Å². The third-order valence-electron chi connectivity index (χ3n) is 2.75. The lowest BCUT2D eigenvalue weighted by Gasteiger charge is -2.09. The molecule has 17 heavy (non-hydrogen) atoms. The second-order valence-corrected chi connectivity index (χ2v) is 4.23. The molecule has 0 heterocycles. The van der Waals surface area contributed by atoms with Gasteiger partial charge >= 0.3 is 0 Å². The van der Waals surface area contributed by atoms with E-state index in [0.717, 1.165) is 13.0 Å². The molecule has 1 aromatic rings. The van der Waals surface area contributed by atoms with Gasteiger partial charge in [0.25, 0.3) is 0 Å². The van der Waals surface area contributed by atoms with Gasteiger partial charge in [-0.25, -0.2) is 0 Å². The summed E-state index contributed by atoms with van der Waals surface area (Å²) in [4.78, 5) is 0. The fourth-order valence-corrected chi connectivity index (χ4v) is 1.75. The molecule has 0 radical (unpaired) electrons. The normalized spacial score (nSPS) is 18.9. The van der Waals surface area contributed by atoms with Gasteiger partial charge in [-0.15, -0.1) is 0 Å². The Labute approximate surface area is 103 Å². The minimum absolute atomic E-state index is 0.104. The number of benzene rings is 1. The van der Waals surface area contributed by atoms with Crippen LogP contribution in [0.1, 0.15) is 12.5 Å². The van der Waals surface area contributed by atoms with E-state index in [2.05, 4.69) is 61.6 Å². The molecule has 0 saturated heterocycles. The molecule has 1 aromatic carbocycles. The van der Waals surface area contributed by atoms with Crippen LogP contribution in [0.5, 0.6) is 0 Å². The van der Waals surface area contributed by atoms with Crippen molar-refractivity contribution in [1.29, 1.82) is 0 Å². The summed E-state index contributed by atoms with van der Waals surface area (Å²) < 4.78 is 5.81. The molecule has 1 atom stereocenters. The van der Waals surface area contributed by atoms with Crippen molar-refractivity contribution < 1.29 is 4.74 Å². The number of ether oxygens (including phenoxy) is 1.